The van der Waals surface area contributed by atoms with E-state index in [1.165, 1.54) is 24.3 Å². The third-order valence-electron chi connectivity index (χ3n) is 3.51. The molecule has 0 bridgehead atoms. The number of hydrogen-bond donors (Lipinski definition) is 2. The fourth-order valence-corrected chi connectivity index (χ4v) is 2.52. The number of hydrogen-bond acceptors (Lipinski definition) is 3. The van der Waals surface area contributed by atoms with E-state index in [-0.39, 0.29) is 16.8 Å². The highest BCUT2D eigenvalue weighted by molar-refractivity contribution is 6.32. The predicted molar refractivity (Wildman–Crippen MR) is 87.0 cm³/mol. The summed E-state index contributed by atoms with van der Waals surface area (Å²) in [6.45, 7) is 0. The number of benzene rings is 1. The minimum Gasteiger partial charge on any atom is -0.366 e. The Labute approximate surface area is 158 Å². The molecule has 1 aromatic heterocycles. The number of anilines is 1. The molecule has 2 rings (SSSR count). The number of primary amides is 1. The number of amides is 2. The first kappa shape index (κ1) is 21.5. The molecule has 0 spiro atoms. The van der Waals surface area contributed by atoms with Gasteiger partial charge >= 0.3 is 12.4 Å². The van der Waals surface area contributed by atoms with E-state index in [9.17, 15) is 35.9 Å². The number of rotatable bonds is 4. The lowest BCUT2D eigenvalue weighted by Gasteiger charge is -2.22. The Morgan fingerprint density at radius 3 is 1.96 bits per heavy atom. The zero-order valence-electron chi connectivity index (χ0n) is 13.5. The fourth-order valence-electron chi connectivity index (χ4n) is 2.31. The van der Waals surface area contributed by atoms with Crippen molar-refractivity contribution in [1.82, 2.24) is 4.98 Å². The fraction of sp³-hybridized carbons (Fsp3) is 0.188. The van der Waals surface area contributed by atoms with Gasteiger partial charge in [0.2, 0.25) is 5.91 Å². The number of nitrogens with two attached hydrogens (primary N) is 1. The third kappa shape index (κ3) is 4.71. The van der Waals surface area contributed by atoms with Crippen LogP contribution in [0.15, 0.2) is 36.4 Å². The third-order valence-corrected chi connectivity index (χ3v) is 3.79. The van der Waals surface area contributed by atoms with Crippen molar-refractivity contribution in [3.63, 3.8) is 0 Å². The minimum absolute atomic E-state index is 0.144. The van der Waals surface area contributed by atoms with Gasteiger partial charge in [0.05, 0.1) is 22.5 Å². The van der Waals surface area contributed by atoms with E-state index in [0.29, 0.717) is 6.07 Å². The first-order valence-corrected chi connectivity index (χ1v) is 7.70. The van der Waals surface area contributed by atoms with Crippen molar-refractivity contribution in [3.8, 4) is 0 Å². The van der Waals surface area contributed by atoms with Crippen LogP contribution in [0.25, 0.3) is 0 Å². The van der Waals surface area contributed by atoms with Gasteiger partial charge in [0.15, 0.2) is 11.1 Å². The second kappa shape index (κ2) is 7.66. The number of nitrogens with one attached hydrogen (secondary N) is 1. The summed E-state index contributed by atoms with van der Waals surface area (Å²) in [6, 6.07) is 6.56. The Kier molecular flexibility index (Phi) is 5.88. The smallest absolute Gasteiger partial charge is 0.366 e. The summed E-state index contributed by atoms with van der Waals surface area (Å²) in [5.41, 5.74) is 3.10. The molecule has 12 heteroatoms. The molecule has 5 nitrogen and oxygen atoms in total. The monoisotopic (exact) mass is 425 g/mol. The van der Waals surface area contributed by atoms with Crippen molar-refractivity contribution in [2.45, 2.75) is 18.3 Å². The summed E-state index contributed by atoms with van der Waals surface area (Å²) in [5.74, 6) is -5.66. The molecule has 0 aliphatic carbocycles. The summed E-state index contributed by atoms with van der Waals surface area (Å²) in [4.78, 5) is 26.7. The average Bonchev–Trinajstić information content (AvgIpc) is 2.54. The average molecular weight is 426 g/mol. The quantitative estimate of drug-likeness (QED) is 0.566. The highest BCUT2D eigenvalue weighted by Gasteiger charge is 2.58. The van der Waals surface area contributed by atoms with Crippen LogP contribution in [0.1, 0.15) is 32.3 Å². The van der Waals surface area contributed by atoms with E-state index in [2.05, 4.69) is 10.3 Å². The molecule has 2 amide bonds. The maximum atomic E-state index is 12.8. The van der Waals surface area contributed by atoms with Crippen LogP contribution in [0.2, 0.25) is 5.15 Å². The van der Waals surface area contributed by atoms with Gasteiger partial charge in [0.25, 0.3) is 5.91 Å². The SMILES string of the molecule is NC(=O)c1ccccc1C(=O)Nc1ccc(C(C(F)(F)F)C(F)(F)F)nc1Cl. The van der Waals surface area contributed by atoms with Crippen molar-refractivity contribution >= 4 is 29.1 Å². The standard InChI is InChI=1S/C16H10ClF6N3O2/c17-12-10(26-14(28)8-4-2-1-3-7(8)13(24)27)6-5-9(25-12)11(15(18,19)20)16(21,22)23/h1-6,11H,(H2,24,27)(H,26,28). The number of aromatic nitrogens is 1. The summed E-state index contributed by atoms with van der Waals surface area (Å²) >= 11 is 5.66. The van der Waals surface area contributed by atoms with E-state index >= 15 is 0 Å². The molecule has 28 heavy (non-hydrogen) atoms. The van der Waals surface area contributed by atoms with Crippen molar-refractivity contribution in [1.29, 1.82) is 0 Å². The molecule has 0 fully saturated rings. The zero-order valence-corrected chi connectivity index (χ0v) is 14.3. The lowest BCUT2D eigenvalue weighted by Crippen LogP contribution is -2.34. The van der Waals surface area contributed by atoms with Crippen LogP contribution in [0, 0.1) is 0 Å². The second-order valence-corrected chi connectivity index (χ2v) is 5.81. The van der Waals surface area contributed by atoms with E-state index in [1.54, 1.807) is 0 Å². The molecule has 1 aromatic carbocycles. The van der Waals surface area contributed by atoms with E-state index < -0.39 is 40.9 Å². The van der Waals surface area contributed by atoms with E-state index in [1.807, 2.05) is 0 Å². The van der Waals surface area contributed by atoms with Gasteiger partial charge in [-0.15, -0.1) is 0 Å². The second-order valence-electron chi connectivity index (χ2n) is 5.45. The number of nitrogens with zero attached hydrogens (tertiary/aromatic N) is 1. The molecule has 0 saturated carbocycles. The van der Waals surface area contributed by atoms with Crippen molar-refractivity contribution in [2.75, 3.05) is 5.32 Å². The van der Waals surface area contributed by atoms with Crippen molar-refractivity contribution in [3.05, 3.63) is 58.4 Å². The zero-order chi connectivity index (χ0) is 21.3. The Hall–Kier alpha value is -2.82. The van der Waals surface area contributed by atoms with Gasteiger partial charge < -0.3 is 11.1 Å². The number of halogens is 7. The van der Waals surface area contributed by atoms with Gasteiger partial charge in [-0.3, -0.25) is 9.59 Å². The van der Waals surface area contributed by atoms with Gasteiger partial charge in [-0.25, -0.2) is 4.98 Å². The van der Waals surface area contributed by atoms with Gasteiger partial charge in [-0.2, -0.15) is 26.3 Å². The van der Waals surface area contributed by atoms with Gasteiger partial charge in [0.1, 0.15) is 0 Å². The van der Waals surface area contributed by atoms with Crippen LogP contribution in [0.4, 0.5) is 32.0 Å². The molecule has 0 aliphatic heterocycles. The lowest BCUT2D eigenvalue weighted by atomic mass is 10.0. The van der Waals surface area contributed by atoms with Gasteiger partial charge in [-0.1, -0.05) is 23.7 Å². The Bertz CT molecular complexity index is 900. The predicted octanol–water partition coefficient (Wildman–Crippen LogP) is 4.29. The molecule has 2 aromatic rings. The number of carbonyl (C=O) groups excluding carboxylic acids is 2. The molecule has 150 valence electrons. The Morgan fingerprint density at radius 1 is 0.964 bits per heavy atom. The number of carbonyl (C=O) groups is 2. The van der Waals surface area contributed by atoms with Crippen molar-refractivity contribution in [2.24, 2.45) is 5.73 Å². The first-order chi connectivity index (χ1) is 12.8. The summed E-state index contributed by atoms with van der Waals surface area (Å²) in [5, 5.41) is 1.37. The highest BCUT2D eigenvalue weighted by Crippen LogP contribution is 2.46. The normalized spacial score (nSPS) is 12.1. The summed E-state index contributed by atoms with van der Waals surface area (Å²) in [6.07, 6.45) is -11.3. The largest absolute Gasteiger partial charge is 0.406 e. The summed E-state index contributed by atoms with van der Waals surface area (Å²) in [7, 11) is 0. The molecule has 0 aliphatic rings. The lowest BCUT2D eigenvalue weighted by molar-refractivity contribution is -0.254. The molecule has 0 saturated heterocycles. The number of pyridine rings is 1. The minimum atomic E-state index is -5.64. The molecule has 0 unspecified atom stereocenters. The van der Waals surface area contributed by atoms with E-state index in [4.69, 9.17) is 17.3 Å². The molecule has 0 atom stereocenters. The maximum absolute atomic E-state index is 12.8. The topological polar surface area (TPSA) is 85.1 Å². The molecule has 0 radical (unpaired) electrons. The maximum Gasteiger partial charge on any atom is 0.406 e. The van der Waals surface area contributed by atoms with Crippen LogP contribution < -0.4 is 11.1 Å². The first-order valence-electron chi connectivity index (χ1n) is 7.32. The Balaban J connectivity index is 2.36. The van der Waals surface area contributed by atoms with Crippen LogP contribution >= 0.6 is 11.6 Å². The van der Waals surface area contributed by atoms with Crippen molar-refractivity contribution < 1.29 is 35.9 Å². The molecular weight excluding hydrogens is 416 g/mol. The molecule has 1 heterocycles. The van der Waals surface area contributed by atoms with Crippen LogP contribution in [0.5, 0.6) is 0 Å². The van der Waals surface area contributed by atoms with Gasteiger partial charge in [-0.05, 0) is 24.3 Å². The molecular formula is C16H10ClF6N3O2. The van der Waals surface area contributed by atoms with Crippen LogP contribution in [-0.4, -0.2) is 29.2 Å². The van der Waals surface area contributed by atoms with Gasteiger partial charge in [0, 0.05) is 0 Å². The van der Waals surface area contributed by atoms with Crippen LogP contribution in [-0.2, 0) is 0 Å². The summed E-state index contributed by atoms with van der Waals surface area (Å²) < 4.78 is 76.6. The van der Waals surface area contributed by atoms with E-state index in [0.717, 1.165) is 6.07 Å². The molecule has 3 N–H and O–H groups in total. The highest BCUT2D eigenvalue weighted by atomic mass is 35.5. The Morgan fingerprint density at radius 2 is 1.50 bits per heavy atom. The number of alkyl halides is 6. The van der Waals surface area contributed by atoms with Crippen LogP contribution in [0.3, 0.4) is 0 Å².